The van der Waals surface area contributed by atoms with Crippen molar-refractivity contribution in [2.24, 2.45) is 0 Å². The molecule has 1 rings (SSSR count). The molecule has 0 amide bonds. The quantitative estimate of drug-likeness (QED) is 0.728. The fourth-order valence-electron chi connectivity index (χ4n) is 0.551. The van der Waals surface area contributed by atoms with Crippen LogP contribution in [0.5, 0.6) is 5.75 Å². The van der Waals surface area contributed by atoms with Gasteiger partial charge in [-0.25, -0.2) is 4.79 Å². The highest BCUT2D eigenvalue weighted by Crippen LogP contribution is 2.15. The Hall–Kier alpha value is -0.830. The lowest BCUT2D eigenvalue weighted by Gasteiger charge is -1.93. The molecular formula is C7H4BrO2. The second kappa shape index (κ2) is 3.37. The highest BCUT2D eigenvalue weighted by molar-refractivity contribution is 9.10. The van der Waals surface area contributed by atoms with Crippen LogP contribution < -0.4 is 4.74 Å². The van der Waals surface area contributed by atoms with E-state index in [0.29, 0.717) is 5.75 Å². The molecular weight excluding hydrogens is 196 g/mol. The molecule has 10 heavy (non-hydrogen) atoms. The van der Waals surface area contributed by atoms with E-state index in [4.69, 9.17) is 0 Å². The van der Waals surface area contributed by atoms with Gasteiger partial charge in [-0.3, -0.25) is 0 Å². The molecule has 0 N–H and O–H groups in total. The molecule has 0 saturated carbocycles. The van der Waals surface area contributed by atoms with E-state index < -0.39 is 0 Å². The lowest BCUT2D eigenvalue weighted by molar-refractivity contribution is 0.442. The molecule has 0 aliphatic heterocycles. The van der Waals surface area contributed by atoms with E-state index in [0.717, 1.165) is 4.47 Å². The van der Waals surface area contributed by atoms with Crippen LogP contribution >= 0.6 is 15.9 Å². The van der Waals surface area contributed by atoms with E-state index in [1.807, 2.05) is 0 Å². The van der Waals surface area contributed by atoms with Crippen LogP contribution in [0.25, 0.3) is 0 Å². The first kappa shape index (κ1) is 7.28. The third kappa shape index (κ3) is 1.84. The fraction of sp³-hybridized carbons (Fsp3) is 0. The van der Waals surface area contributed by atoms with Gasteiger partial charge in [0, 0.05) is 4.47 Å². The van der Waals surface area contributed by atoms with Crippen LogP contribution in [-0.2, 0) is 4.79 Å². The maximum absolute atomic E-state index is 9.70. The molecule has 51 valence electrons. The Labute approximate surface area is 66.9 Å². The number of benzene rings is 1. The van der Waals surface area contributed by atoms with E-state index in [1.165, 1.54) is 6.47 Å². The average Bonchev–Trinajstić information content (AvgIpc) is 1.95. The van der Waals surface area contributed by atoms with Gasteiger partial charge >= 0.3 is 6.47 Å². The Morgan fingerprint density at radius 2 is 1.90 bits per heavy atom. The second-order valence-corrected chi connectivity index (χ2v) is 2.55. The molecule has 1 aromatic carbocycles. The summed E-state index contributed by atoms with van der Waals surface area (Å²) >= 11 is 3.24. The van der Waals surface area contributed by atoms with Gasteiger partial charge in [0.25, 0.3) is 0 Å². The molecule has 1 aromatic rings. The van der Waals surface area contributed by atoms with Gasteiger partial charge in [-0.2, -0.15) is 0 Å². The molecule has 0 spiro atoms. The van der Waals surface area contributed by atoms with Gasteiger partial charge in [-0.1, -0.05) is 15.9 Å². The van der Waals surface area contributed by atoms with Gasteiger partial charge in [0.2, 0.25) is 0 Å². The van der Waals surface area contributed by atoms with Crippen molar-refractivity contribution in [2.45, 2.75) is 0 Å². The molecule has 0 aromatic heterocycles. The number of rotatable bonds is 2. The van der Waals surface area contributed by atoms with Gasteiger partial charge in [0.05, 0.1) is 0 Å². The maximum Gasteiger partial charge on any atom is 0.423 e. The lowest BCUT2D eigenvalue weighted by Crippen LogP contribution is -1.86. The van der Waals surface area contributed by atoms with Crippen molar-refractivity contribution >= 4 is 22.4 Å². The van der Waals surface area contributed by atoms with Crippen LogP contribution in [0.1, 0.15) is 0 Å². The van der Waals surface area contributed by atoms with Gasteiger partial charge in [0.15, 0.2) is 0 Å². The Morgan fingerprint density at radius 3 is 2.40 bits per heavy atom. The third-order valence-electron chi connectivity index (χ3n) is 0.973. The molecule has 0 atom stereocenters. The Morgan fingerprint density at radius 1 is 1.30 bits per heavy atom. The first-order valence-electron chi connectivity index (χ1n) is 2.62. The summed E-state index contributed by atoms with van der Waals surface area (Å²) in [5.74, 6) is 0.498. The van der Waals surface area contributed by atoms with E-state index in [9.17, 15) is 4.79 Å². The Bertz CT molecular complexity index is 218. The van der Waals surface area contributed by atoms with Gasteiger partial charge in [-0.15, -0.1) is 0 Å². The zero-order valence-electron chi connectivity index (χ0n) is 5.00. The highest BCUT2D eigenvalue weighted by Gasteiger charge is 1.90. The van der Waals surface area contributed by atoms with Crippen molar-refractivity contribution in [1.82, 2.24) is 0 Å². The standard InChI is InChI=1S/C7H4BrO2/c8-6-1-3-7(4-2-6)10-5-9/h1-4H. The van der Waals surface area contributed by atoms with E-state index >= 15 is 0 Å². The maximum atomic E-state index is 9.70. The zero-order valence-corrected chi connectivity index (χ0v) is 6.59. The van der Waals surface area contributed by atoms with E-state index in [1.54, 1.807) is 24.3 Å². The summed E-state index contributed by atoms with van der Waals surface area (Å²) < 4.78 is 5.38. The summed E-state index contributed by atoms with van der Waals surface area (Å²) in [7, 11) is 0. The van der Waals surface area contributed by atoms with Crippen molar-refractivity contribution in [1.29, 1.82) is 0 Å². The monoisotopic (exact) mass is 199 g/mol. The molecule has 0 unspecified atom stereocenters. The van der Waals surface area contributed by atoms with Crippen molar-refractivity contribution < 1.29 is 9.53 Å². The highest BCUT2D eigenvalue weighted by atomic mass is 79.9. The zero-order chi connectivity index (χ0) is 7.40. The molecule has 0 aliphatic rings. The summed E-state index contributed by atoms with van der Waals surface area (Å²) in [6.07, 6.45) is 0. The van der Waals surface area contributed by atoms with Crippen LogP contribution in [0.3, 0.4) is 0 Å². The normalized spacial score (nSPS) is 8.90. The minimum atomic E-state index is 0.498. The molecule has 1 radical (unpaired) electrons. The minimum Gasteiger partial charge on any atom is -0.418 e. The summed E-state index contributed by atoms with van der Waals surface area (Å²) in [5.41, 5.74) is 0. The molecule has 0 heterocycles. The van der Waals surface area contributed by atoms with Crippen LogP contribution in [0.2, 0.25) is 0 Å². The lowest BCUT2D eigenvalue weighted by atomic mass is 10.3. The first-order chi connectivity index (χ1) is 4.83. The summed E-state index contributed by atoms with van der Waals surface area (Å²) in [5, 5.41) is 0. The number of hydrogen-bond donors (Lipinski definition) is 0. The first-order valence-corrected chi connectivity index (χ1v) is 3.42. The van der Waals surface area contributed by atoms with Gasteiger partial charge in [0.1, 0.15) is 5.75 Å². The molecule has 0 saturated heterocycles. The largest absolute Gasteiger partial charge is 0.423 e. The Kier molecular flexibility index (Phi) is 2.45. The van der Waals surface area contributed by atoms with Crippen molar-refractivity contribution in [3.8, 4) is 5.75 Å². The third-order valence-corrected chi connectivity index (χ3v) is 1.50. The van der Waals surface area contributed by atoms with Crippen molar-refractivity contribution in [3.05, 3.63) is 28.7 Å². The van der Waals surface area contributed by atoms with Crippen molar-refractivity contribution in [2.75, 3.05) is 0 Å². The molecule has 3 heteroatoms. The topological polar surface area (TPSA) is 26.3 Å². The van der Waals surface area contributed by atoms with Crippen LogP contribution in [0.15, 0.2) is 28.7 Å². The summed E-state index contributed by atoms with van der Waals surface area (Å²) in [6, 6.07) is 6.92. The smallest absolute Gasteiger partial charge is 0.418 e. The predicted molar refractivity (Wildman–Crippen MR) is 40.5 cm³/mol. The van der Waals surface area contributed by atoms with E-state index in [2.05, 4.69) is 20.7 Å². The second-order valence-electron chi connectivity index (χ2n) is 1.64. The molecule has 2 nitrogen and oxygen atoms in total. The van der Waals surface area contributed by atoms with Gasteiger partial charge in [-0.05, 0) is 24.3 Å². The Balaban J connectivity index is 2.78. The fourth-order valence-corrected chi connectivity index (χ4v) is 0.815. The number of ether oxygens (including phenoxy) is 1. The number of hydrogen-bond acceptors (Lipinski definition) is 2. The average molecular weight is 200 g/mol. The molecule has 0 bridgehead atoms. The number of carbonyl (C=O) groups excluding carboxylic acids is 1. The summed E-state index contributed by atoms with van der Waals surface area (Å²) in [6.45, 7) is 1.34. The minimum absolute atomic E-state index is 0.498. The van der Waals surface area contributed by atoms with E-state index in [-0.39, 0.29) is 0 Å². The van der Waals surface area contributed by atoms with Crippen LogP contribution in [-0.4, -0.2) is 6.47 Å². The van der Waals surface area contributed by atoms with Crippen LogP contribution in [0.4, 0.5) is 0 Å². The summed E-state index contributed by atoms with van der Waals surface area (Å²) in [4.78, 5) is 9.70. The predicted octanol–water partition coefficient (Wildman–Crippen LogP) is 1.90. The van der Waals surface area contributed by atoms with Crippen molar-refractivity contribution in [3.63, 3.8) is 0 Å². The molecule has 0 fully saturated rings. The number of halogens is 1. The van der Waals surface area contributed by atoms with Crippen LogP contribution in [0, 0.1) is 0 Å². The molecule has 0 aliphatic carbocycles. The van der Waals surface area contributed by atoms with Gasteiger partial charge < -0.3 is 4.74 Å². The SMILES string of the molecule is O=[C]Oc1ccc(Br)cc1.